The van der Waals surface area contributed by atoms with Crippen molar-refractivity contribution in [2.45, 2.75) is 19.6 Å². The highest BCUT2D eigenvalue weighted by atomic mass is 16.5. The zero-order chi connectivity index (χ0) is 21.5. The number of nitrogens with zero attached hydrogens (tertiary/aromatic N) is 2. The van der Waals surface area contributed by atoms with E-state index in [0.717, 1.165) is 13.0 Å². The van der Waals surface area contributed by atoms with Crippen LogP contribution in [0.15, 0.2) is 83.5 Å². The number of aromatic nitrogens is 2. The van der Waals surface area contributed by atoms with E-state index in [1.807, 2.05) is 42.5 Å². The Morgan fingerprint density at radius 2 is 1.81 bits per heavy atom. The molecule has 1 N–H and O–H groups in total. The van der Waals surface area contributed by atoms with Crippen LogP contribution < -0.4 is 14.8 Å². The Morgan fingerprint density at radius 3 is 2.61 bits per heavy atom. The number of aryl methyl sites for hydroxylation is 2. The number of para-hydroxylation sites is 2. The molecule has 0 saturated carbocycles. The summed E-state index contributed by atoms with van der Waals surface area (Å²) in [5, 5.41) is 7.11. The third-order valence-electron chi connectivity index (χ3n) is 4.69. The number of furan rings is 1. The highest BCUT2D eigenvalue weighted by Crippen LogP contribution is 2.27. The molecule has 0 fully saturated rings. The molecule has 7 nitrogen and oxygen atoms in total. The molecule has 2 heterocycles. The van der Waals surface area contributed by atoms with Gasteiger partial charge in [-0.2, -0.15) is 5.10 Å². The fraction of sp³-hybridized carbons (Fsp3) is 0.167. The largest absolute Gasteiger partial charge is 0.493 e. The standard InChI is InChI=1S/C24H23N3O4/c1-29-21-9-5-6-10-22(21)30-17-20-11-12-23(31-20)24(28)26-19-15-25-27(16-19)14-13-18-7-3-2-4-8-18/h2-12,15-16H,13-14,17H2,1H3,(H,26,28). The molecule has 7 heteroatoms. The molecule has 0 aliphatic heterocycles. The van der Waals surface area contributed by atoms with Crippen LogP contribution in [0.3, 0.4) is 0 Å². The van der Waals surface area contributed by atoms with Crippen molar-refractivity contribution in [3.05, 3.63) is 96.2 Å². The van der Waals surface area contributed by atoms with Gasteiger partial charge in [-0.15, -0.1) is 0 Å². The number of hydrogen-bond acceptors (Lipinski definition) is 5. The van der Waals surface area contributed by atoms with Gasteiger partial charge in [0.05, 0.1) is 19.0 Å². The zero-order valence-corrected chi connectivity index (χ0v) is 17.2. The monoisotopic (exact) mass is 417 g/mol. The van der Waals surface area contributed by atoms with Gasteiger partial charge in [-0.25, -0.2) is 0 Å². The second-order valence-electron chi connectivity index (χ2n) is 6.89. The minimum atomic E-state index is -0.342. The maximum atomic E-state index is 12.5. The quantitative estimate of drug-likeness (QED) is 0.432. The topological polar surface area (TPSA) is 78.5 Å². The van der Waals surface area contributed by atoms with Crippen molar-refractivity contribution in [2.24, 2.45) is 0 Å². The summed E-state index contributed by atoms with van der Waals surface area (Å²) in [7, 11) is 1.58. The number of ether oxygens (including phenoxy) is 2. The summed E-state index contributed by atoms with van der Waals surface area (Å²) < 4.78 is 18.4. The van der Waals surface area contributed by atoms with Crippen molar-refractivity contribution in [3.63, 3.8) is 0 Å². The first-order chi connectivity index (χ1) is 15.2. The Kier molecular flexibility index (Phi) is 6.32. The van der Waals surface area contributed by atoms with Crippen LogP contribution in [0, 0.1) is 0 Å². The van der Waals surface area contributed by atoms with Gasteiger partial charge < -0.3 is 19.2 Å². The first-order valence-corrected chi connectivity index (χ1v) is 9.93. The number of carbonyl (C=O) groups is 1. The fourth-order valence-corrected chi connectivity index (χ4v) is 3.10. The fourth-order valence-electron chi connectivity index (χ4n) is 3.10. The normalized spacial score (nSPS) is 10.6. The number of rotatable bonds is 9. The van der Waals surface area contributed by atoms with Gasteiger partial charge in [-0.3, -0.25) is 9.48 Å². The molecule has 0 bridgehead atoms. The van der Waals surface area contributed by atoms with Crippen molar-refractivity contribution in [1.82, 2.24) is 9.78 Å². The van der Waals surface area contributed by atoms with Crippen LogP contribution >= 0.6 is 0 Å². The third-order valence-corrected chi connectivity index (χ3v) is 4.69. The van der Waals surface area contributed by atoms with Crippen molar-refractivity contribution in [3.8, 4) is 11.5 Å². The van der Waals surface area contributed by atoms with E-state index in [-0.39, 0.29) is 18.3 Å². The lowest BCUT2D eigenvalue weighted by molar-refractivity contribution is 0.0992. The van der Waals surface area contributed by atoms with E-state index in [0.29, 0.717) is 22.9 Å². The van der Waals surface area contributed by atoms with Crippen LogP contribution in [-0.2, 0) is 19.6 Å². The van der Waals surface area contributed by atoms with Gasteiger partial charge in [-0.1, -0.05) is 42.5 Å². The molecule has 0 radical (unpaired) electrons. The predicted octanol–water partition coefficient (Wildman–Crippen LogP) is 4.56. The van der Waals surface area contributed by atoms with Crippen molar-refractivity contribution >= 4 is 11.6 Å². The third kappa shape index (κ3) is 5.33. The van der Waals surface area contributed by atoms with Crippen LogP contribution in [-0.4, -0.2) is 22.8 Å². The van der Waals surface area contributed by atoms with E-state index in [1.165, 1.54) is 5.56 Å². The first-order valence-electron chi connectivity index (χ1n) is 9.93. The SMILES string of the molecule is COc1ccccc1OCc1ccc(C(=O)Nc2cnn(CCc3ccccc3)c2)o1. The van der Waals surface area contributed by atoms with Gasteiger partial charge in [0.25, 0.3) is 5.91 Å². The lowest BCUT2D eigenvalue weighted by atomic mass is 10.1. The van der Waals surface area contributed by atoms with Gasteiger partial charge in [0.1, 0.15) is 12.4 Å². The summed E-state index contributed by atoms with van der Waals surface area (Å²) in [6.07, 6.45) is 4.29. The molecule has 2 aromatic carbocycles. The average Bonchev–Trinajstić information content (AvgIpc) is 3.47. The summed E-state index contributed by atoms with van der Waals surface area (Å²) in [6, 6.07) is 20.9. The minimum absolute atomic E-state index is 0.186. The maximum Gasteiger partial charge on any atom is 0.291 e. The molecule has 4 aromatic rings. The maximum absolute atomic E-state index is 12.5. The van der Waals surface area contributed by atoms with Crippen LogP contribution in [0.5, 0.6) is 11.5 Å². The molecule has 31 heavy (non-hydrogen) atoms. The molecular formula is C24H23N3O4. The number of carbonyl (C=O) groups excluding carboxylic acids is 1. The average molecular weight is 417 g/mol. The Labute approximate surface area is 180 Å². The molecule has 0 aliphatic carbocycles. The van der Waals surface area contributed by atoms with E-state index in [9.17, 15) is 4.79 Å². The summed E-state index contributed by atoms with van der Waals surface area (Å²) in [6.45, 7) is 0.913. The highest BCUT2D eigenvalue weighted by molar-refractivity contribution is 6.02. The van der Waals surface area contributed by atoms with E-state index in [2.05, 4.69) is 22.5 Å². The second-order valence-corrected chi connectivity index (χ2v) is 6.89. The molecule has 0 aliphatic rings. The molecule has 0 unspecified atom stereocenters. The van der Waals surface area contributed by atoms with Crippen LogP contribution in [0.2, 0.25) is 0 Å². The van der Waals surface area contributed by atoms with E-state index < -0.39 is 0 Å². The smallest absolute Gasteiger partial charge is 0.291 e. The molecule has 4 rings (SSSR count). The number of nitrogens with one attached hydrogen (secondary N) is 1. The molecule has 0 atom stereocenters. The Bertz CT molecular complexity index is 1130. The Balaban J connectivity index is 1.30. The Hall–Kier alpha value is -4.00. The van der Waals surface area contributed by atoms with Crippen LogP contribution in [0.1, 0.15) is 21.9 Å². The molecule has 0 saturated heterocycles. The molecular weight excluding hydrogens is 394 g/mol. The van der Waals surface area contributed by atoms with Crippen molar-refractivity contribution in [2.75, 3.05) is 12.4 Å². The van der Waals surface area contributed by atoms with Crippen LogP contribution in [0.25, 0.3) is 0 Å². The van der Waals surface area contributed by atoms with Gasteiger partial charge in [0.2, 0.25) is 0 Å². The highest BCUT2D eigenvalue weighted by Gasteiger charge is 2.13. The van der Waals surface area contributed by atoms with Crippen molar-refractivity contribution in [1.29, 1.82) is 0 Å². The molecule has 1 amide bonds. The number of benzene rings is 2. The molecule has 0 spiro atoms. The second kappa shape index (κ2) is 9.67. The summed E-state index contributed by atoms with van der Waals surface area (Å²) in [5.74, 6) is 1.64. The summed E-state index contributed by atoms with van der Waals surface area (Å²) in [4.78, 5) is 12.5. The van der Waals surface area contributed by atoms with Gasteiger partial charge >= 0.3 is 0 Å². The zero-order valence-electron chi connectivity index (χ0n) is 17.2. The van der Waals surface area contributed by atoms with Gasteiger partial charge in [-0.05, 0) is 36.2 Å². The van der Waals surface area contributed by atoms with Gasteiger partial charge in [0.15, 0.2) is 17.3 Å². The lowest BCUT2D eigenvalue weighted by Gasteiger charge is -2.08. The van der Waals surface area contributed by atoms with Gasteiger partial charge in [0, 0.05) is 12.7 Å². The molecule has 2 aromatic heterocycles. The first kappa shape index (κ1) is 20.3. The Morgan fingerprint density at radius 1 is 1.03 bits per heavy atom. The van der Waals surface area contributed by atoms with Crippen molar-refractivity contribution < 1.29 is 18.7 Å². The lowest BCUT2D eigenvalue weighted by Crippen LogP contribution is -2.10. The molecule has 158 valence electrons. The van der Waals surface area contributed by atoms with E-state index in [4.69, 9.17) is 13.9 Å². The number of hydrogen-bond donors (Lipinski definition) is 1. The number of methoxy groups -OCH3 is 1. The predicted molar refractivity (Wildman–Crippen MR) is 116 cm³/mol. The summed E-state index contributed by atoms with van der Waals surface area (Å²) in [5.41, 5.74) is 1.85. The number of anilines is 1. The summed E-state index contributed by atoms with van der Waals surface area (Å²) >= 11 is 0. The number of amides is 1. The minimum Gasteiger partial charge on any atom is -0.493 e. The van der Waals surface area contributed by atoms with E-state index in [1.54, 1.807) is 36.3 Å². The van der Waals surface area contributed by atoms with Crippen LogP contribution in [0.4, 0.5) is 5.69 Å². The van der Waals surface area contributed by atoms with E-state index >= 15 is 0 Å².